The number of hydrogen-bond donors (Lipinski definition) is 4. The van der Waals surface area contributed by atoms with Gasteiger partial charge in [-0.3, -0.25) is 14.8 Å². The molecule has 2 aromatic rings. The Bertz CT molecular complexity index is 932. The molecule has 29 heavy (non-hydrogen) atoms. The molecule has 0 fully saturated rings. The van der Waals surface area contributed by atoms with Crippen LogP contribution in [0.25, 0.3) is 0 Å². The van der Waals surface area contributed by atoms with E-state index in [1.165, 1.54) is 18.5 Å². The van der Waals surface area contributed by atoms with Gasteiger partial charge in [0.15, 0.2) is 5.96 Å². The number of carbonyl (C=O) groups is 1. The van der Waals surface area contributed by atoms with E-state index in [0.717, 1.165) is 5.56 Å². The van der Waals surface area contributed by atoms with Crippen LogP contribution in [0, 0.1) is 0 Å². The highest BCUT2D eigenvalue weighted by Gasteiger charge is 2.12. The first-order valence-corrected chi connectivity index (χ1v) is 10.6. The van der Waals surface area contributed by atoms with Crippen molar-refractivity contribution >= 4 is 21.9 Å². The number of nitrogens with one attached hydrogen (secondary N) is 4. The molecule has 0 radical (unpaired) electrons. The second-order valence-corrected chi connectivity index (χ2v) is 7.81. The Morgan fingerprint density at radius 3 is 2.59 bits per heavy atom. The van der Waals surface area contributed by atoms with Gasteiger partial charge in [0, 0.05) is 51.7 Å². The number of carbonyl (C=O) groups excluding carboxylic acids is 1. The molecule has 0 unspecified atom stereocenters. The van der Waals surface area contributed by atoms with Crippen molar-refractivity contribution in [2.45, 2.75) is 11.3 Å². The smallest absolute Gasteiger partial charge is 0.251 e. The van der Waals surface area contributed by atoms with Crippen LogP contribution in [-0.4, -0.2) is 59.0 Å². The van der Waals surface area contributed by atoms with Crippen LogP contribution in [0.1, 0.15) is 15.9 Å². The average molecular weight is 419 g/mol. The van der Waals surface area contributed by atoms with E-state index in [4.69, 9.17) is 0 Å². The number of nitrogens with zero attached hydrogens (tertiary/aromatic N) is 2. The van der Waals surface area contributed by atoms with E-state index in [-0.39, 0.29) is 17.3 Å². The molecule has 10 heteroatoms. The molecule has 2 rings (SSSR count). The van der Waals surface area contributed by atoms with Crippen LogP contribution in [-0.2, 0) is 16.4 Å². The van der Waals surface area contributed by atoms with Crippen LogP contribution in [0.2, 0.25) is 0 Å². The van der Waals surface area contributed by atoms with Crippen molar-refractivity contribution in [2.24, 2.45) is 4.99 Å². The molecule has 1 amide bonds. The minimum absolute atomic E-state index is 0.119. The van der Waals surface area contributed by atoms with Crippen LogP contribution < -0.4 is 20.7 Å². The lowest BCUT2D eigenvalue weighted by molar-refractivity contribution is 0.0963. The van der Waals surface area contributed by atoms with E-state index in [1.807, 2.05) is 18.2 Å². The maximum Gasteiger partial charge on any atom is 0.251 e. The van der Waals surface area contributed by atoms with Crippen LogP contribution in [0.3, 0.4) is 0 Å². The molecule has 1 aromatic heterocycles. The number of benzene rings is 1. The van der Waals surface area contributed by atoms with Crippen molar-refractivity contribution < 1.29 is 13.2 Å². The monoisotopic (exact) mass is 418 g/mol. The van der Waals surface area contributed by atoms with Gasteiger partial charge in [0.1, 0.15) is 4.90 Å². The summed E-state index contributed by atoms with van der Waals surface area (Å²) in [5.74, 6) is 0.444. The molecule has 0 saturated heterocycles. The summed E-state index contributed by atoms with van der Waals surface area (Å²) < 4.78 is 26.7. The minimum atomic E-state index is -3.58. The van der Waals surface area contributed by atoms with E-state index in [1.54, 1.807) is 26.2 Å². The van der Waals surface area contributed by atoms with Gasteiger partial charge in [-0.15, -0.1) is 0 Å². The van der Waals surface area contributed by atoms with Gasteiger partial charge in [-0.1, -0.05) is 12.1 Å². The molecule has 0 aliphatic rings. The minimum Gasteiger partial charge on any atom is -0.356 e. The van der Waals surface area contributed by atoms with Crippen molar-refractivity contribution in [3.8, 4) is 0 Å². The summed E-state index contributed by atoms with van der Waals surface area (Å²) in [6, 6.07) is 10.5. The Kier molecular flexibility index (Phi) is 8.56. The van der Waals surface area contributed by atoms with Crippen LogP contribution in [0.5, 0.6) is 0 Å². The van der Waals surface area contributed by atoms with E-state index >= 15 is 0 Å². The Labute approximate surface area is 171 Å². The fraction of sp³-hybridized carbons (Fsp3) is 0.316. The van der Waals surface area contributed by atoms with E-state index in [0.29, 0.717) is 31.0 Å². The molecule has 0 atom stereocenters. The zero-order valence-electron chi connectivity index (χ0n) is 16.5. The largest absolute Gasteiger partial charge is 0.356 e. The molecule has 156 valence electrons. The zero-order valence-corrected chi connectivity index (χ0v) is 17.3. The summed E-state index contributed by atoms with van der Waals surface area (Å²) in [4.78, 5) is 19.7. The van der Waals surface area contributed by atoms with Crippen molar-refractivity contribution in [3.63, 3.8) is 0 Å². The number of aliphatic imine (C=N–C) groups is 1. The third kappa shape index (κ3) is 7.16. The molecule has 9 nitrogen and oxygen atoms in total. The Morgan fingerprint density at radius 1 is 1.10 bits per heavy atom. The van der Waals surface area contributed by atoms with E-state index in [2.05, 4.69) is 30.6 Å². The predicted molar refractivity (Wildman–Crippen MR) is 112 cm³/mol. The number of aromatic nitrogens is 1. The second-order valence-electron chi connectivity index (χ2n) is 6.04. The van der Waals surface area contributed by atoms with Crippen molar-refractivity contribution in [2.75, 3.05) is 33.7 Å². The maximum atomic E-state index is 12.1. The summed E-state index contributed by atoms with van der Waals surface area (Å²) >= 11 is 0. The molecule has 0 spiro atoms. The van der Waals surface area contributed by atoms with Crippen LogP contribution in [0.15, 0.2) is 58.7 Å². The highest BCUT2D eigenvalue weighted by Crippen LogP contribution is 2.06. The second kappa shape index (κ2) is 11.1. The summed E-state index contributed by atoms with van der Waals surface area (Å²) in [6.07, 6.45) is 3.53. The van der Waals surface area contributed by atoms with Crippen LogP contribution in [0.4, 0.5) is 0 Å². The Morgan fingerprint density at radius 2 is 1.90 bits per heavy atom. The van der Waals surface area contributed by atoms with Gasteiger partial charge in [0.2, 0.25) is 10.0 Å². The Balaban J connectivity index is 1.74. The first-order chi connectivity index (χ1) is 14.0. The number of hydrogen-bond acceptors (Lipinski definition) is 5. The van der Waals surface area contributed by atoms with Gasteiger partial charge in [-0.2, -0.15) is 0 Å². The van der Waals surface area contributed by atoms with Crippen molar-refractivity contribution in [1.82, 2.24) is 25.7 Å². The summed E-state index contributed by atoms with van der Waals surface area (Å²) in [5, 5.41) is 8.82. The standard InChI is InChI=1S/C19H26N6O3S/c1-20-18(26)16-6-3-5-15(13-16)8-10-23-19(21-2)24-11-12-25-29(27,28)17-7-4-9-22-14-17/h3-7,9,13-14,25H,8,10-12H2,1-2H3,(H,20,26)(H2,21,23,24). The van der Waals surface area contributed by atoms with Gasteiger partial charge in [0.25, 0.3) is 5.91 Å². The normalized spacial score (nSPS) is 11.7. The molecule has 0 aliphatic carbocycles. The number of sulfonamides is 1. The van der Waals surface area contributed by atoms with Gasteiger partial charge in [-0.25, -0.2) is 13.1 Å². The summed E-state index contributed by atoms with van der Waals surface area (Å²) in [5.41, 5.74) is 1.65. The predicted octanol–water partition coefficient (Wildman–Crippen LogP) is 0.127. The van der Waals surface area contributed by atoms with Gasteiger partial charge in [0.05, 0.1) is 0 Å². The molecule has 1 heterocycles. The first-order valence-electron chi connectivity index (χ1n) is 9.11. The number of rotatable bonds is 9. The highest BCUT2D eigenvalue weighted by atomic mass is 32.2. The average Bonchev–Trinajstić information content (AvgIpc) is 2.75. The fourth-order valence-electron chi connectivity index (χ4n) is 2.51. The molecule has 4 N–H and O–H groups in total. The van der Waals surface area contributed by atoms with Crippen LogP contribution >= 0.6 is 0 Å². The lowest BCUT2D eigenvalue weighted by Crippen LogP contribution is -2.42. The topological polar surface area (TPSA) is 125 Å². The third-order valence-corrected chi connectivity index (χ3v) is 5.45. The van der Waals surface area contributed by atoms with Crippen molar-refractivity contribution in [1.29, 1.82) is 0 Å². The quantitative estimate of drug-likeness (QED) is 0.261. The first kappa shape index (κ1) is 22.3. The number of guanidine groups is 1. The van der Waals surface area contributed by atoms with Gasteiger partial charge >= 0.3 is 0 Å². The van der Waals surface area contributed by atoms with Gasteiger partial charge in [-0.05, 0) is 36.2 Å². The van der Waals surface area contributed by atoms with Crippen molar-refractivity contribution in [3.05, 3.63) is 59.9 Å². The summed E-state index contributed by atoms with van der Waals surface area (Å²) in [6.45, 7) is 1.18. The molecular weight excluding hydrogens is 392 g/mol. The number of amides is 1. The summed E-state index contributed by atoms with van der Waals surface area (Å²) in [7, 11) is -0.336. The lowest BCUT2D eigenvalue weighted by Gasteiger charge is -2.13. The van der Waals surface area contributed by atoms with E-state index < -0.39 is 10.0 Å². The fourth-order valence-corrected chi connectivity index (χ4v) is 3.51. The molecule has 0 saturated carbocycles. The maximum absolute atomic E-state index is 12.1. The molecule has 0 aliphatic heterocycles. The highest BCUT2D eigenvalue weighted by molar-refractivity contribution is 7.89. The molecule has 1 aromatic carbocycles. The Hall–Kier alpha value is -2.98. The SMILES string of the molecule is CN=C(NCCNS(=O)(=O)c1cccnc1)NCCc1cccc(C(=O)NC)c1. The zero-order chi connectivity index (χ0) is 21.1. The number of pyridine rings is 1. The molecular formula is C19H26N6O3S. The van der Waals surface area contributed by atoms with E-state index in [9.17, 15) is 13.2 Å². The lowest BCUT2D eigenvalue weighted by atomic mass is 10.1. The third-order valence-electron chi connectivity index (χ3n) is 4.00. The molecule has 0 bridgehead atoms. The van der Waals surface area contributed by atoms with Gasteiger partial charge < -0.3 is 16.0 Å².